The fourth-order valence-electron chi connectivity index (χ4n) is 2.31. The molecule has 2 heterocycles. The number of carbonyl (C=O) groups excluding carboxylic acids is 2. The first kappa shape index (κ1) is 13.8. The zero-order valence-corrected chi connectivity index (χ0v) is 11.2. The Bertz CT molecular complexity index is 459. The molecule has 5 heteroatoms. The molecular weight excluding hydrogens is 244 g/mol. The summed E-state index contributed by atoms with van der Waals surface area (Å²) >= 11 is 0. The number of carbonyl (C=O) groups is 2. The number of hydrogen-bond acceptors (Lipinski definition) is 3. The highest BCUT2D eigenvalue weighted by Gasteiger charge is 2.21. The highest BCUT2D eigenvalue weighted by atomic mass is 16.3. The second-order valence-corrected chi connectivity index (χ2v) is 5.10. The fourth-order valence-corrected chi connectivity index (χ4v) is 2.31. The summed E-state index contributed by atoms with van der Waals surface area (Å²) in [5.74, 6) is 0.0159. The average molecular weight is 264 g/mol. The van der Waals surface area contributed by atoms with E-state index >= 15 is 0 Å². The molecular formula is C14H20N2O3. The number of amides is 1. The lowest BCUT2D eigenvalue weighted by Crippen LogP contribution is -2.40. The largest absolute Gasteiger partial charge is 0.393 e. The lowest BCUT2D eigenvalue weighted by molar-refractivity contribution is -0.133. The normalized spacial score (nSPS) is 16.6. The maximum absolute atomic E-state index is 11.9. The van der Waals surface area contributed by atoms with Crippen molar-refractivity contribution in [1.82, 2.24) is 9.47 Å². The van der Waals surface area contributed by atoms with Crippen molar-refractivity contribution in [3.05, 3.63) is 24.0 Å². The number of aromatic nitrogens is 1. The molecule has 0 aliphatic carbocycles. The van der Waals surface area contributed by atoms with Crippen LogP contribution >= 0.6 is 0 Å². The van der Waals surface area contributed by atoms with Gasteiger partial charge in [-0.25, -0.2) is 0 Å². The van der Waals surface area contributed by atoms with Crippen LogP contribution in [-0.4, -0.2) is 45.5 Å². The number of hydrogen-bond donors (Lipinski definition) is 1. The molecule has 19 heavy (non-hydrogen) atoms. The number of Topliss-reactive ketones (excluding diaryl/α,β-unsaturated/α-hetero) is 1. The third-order valence-electron chi connectivity index (χ3n) is 3.54. The van der Waals surface area contributed by atoms with Crippen LogP contribution in [0.3, 0.4) is 0 Å². The first-order valence-electron chi connectivity index (χ1n) is 6.67. The monoisotopic (exact) mass is 264 g/mol. The van der Waals surface area contributed by atoms with Gasteiger partial charge in [-0.05, 0) is 18.9 Å². The lowest BCUT2D eigenvalue weighted by atomic mass is 10.1. The SMILES string of the molecule is Cn1ccc(C(=O)CCC(=O)N2CCC(O)CC2)c1. The number of aliphatic hydroxyl groups excluding tert-OH is 1. The topological polar surface area (TPSA) is 62.5 Å². The van der Waals surface area contributed by atoms with Gasteiger partial charge in [-0.1, -0.05) is 0 Å². The van der Waals surface area contributed by atoms with Gasteiger partial charge in [-0.15, -0.1) is 0 Å². The Balaban J connectivity index is 1.79. The molecule has 1 N–H and O–H groups in total. The van der Waals surface area contributed by atoms with Crippen molar-refractivity contribution in [3.63, 3.8) is 0 Å². The van der Waals surface area contributed by atoms with Gasteiger partial charge in [0.2, 0.25) is 5.91 Å². The van der Waals surface area contributed by atoms with Crippen LogP contribution in [0.2, 0.25) is 0 Å². The van der Waals surface area contributed by atoms with Crippen molar-refractivity contribution >= 4 is 11.7 Å². The van der Waals surface area contributed by atoms with Gasteiger partial charge in [-0.2, -0.15) is 0 Å². The summed E-state index contributed by atoms with van der Waals surface area (Å²) < 4.78 is 1.82. The molecule has 0 atom stereocenters. The maximum Gasteiger partial charge on any atom is 0.223 e. The van der Waals surface area contributed by atoms with E-state index < -0.39 is 0 Å². The van der Waals surface area contributed by atoms with Gasteiger partial charge in [0.1, 0.15) is 0 Å². The van der Waals surface area contributed by atoms with Gasteiger partial charge in [0.15, 0.2) is 5.78 Å². The summed E-state index contributed by atoms with van der Waals surface area (Å²) in [6.45, 7) is 1.19. The third-order valence-corrected chi connectivity index (χ3v) is 3.54. The van der Waals surface area contributed by atoms with Crippen LogP contribution in [0, 0.1) is 0 Å². The van der Waals surface area contributed by atoms with E-state index in [1.807, 2.05) is 17.8 Å². The van der Waals surface area contributed by atoms with Crippen molar-refractivity contribution < 1.29 is 14.7 Å². The minimum Gasteiger partial charge on any atom is -0.393 e. The van der Waals surface area contributed by atoms with Gasteiger partial charge >= 0.3 is 0 Å². The summed E-state index contributed by atoms with van der Waals surface area (Å²) in [6, 6.07) is 1.77. The van der Waals surface area contributed by atoms with Gasteiger partial charge in [0, 0.05) is 50.9 Å². The number of aliphatic hydroxyl groups is 1. The predicted molar refractivity (Wildman–Crippen MR) is 70.8 cm³/mol. The molecule has 5 nitrogen and oxygen atoms in total. The van der Waals surface area contributed by atoms with E-state index in [-0.39, 0.29) is 30.6 Å². The van der Waals surface area contributed by atoms with Crippen LogP contribution in [0.1, 0.15) is 36.0 Å². The summed E-state index contributed by atoms with van der Waals surface area (Å²) in [6.07, 6.45) is 5.09. The Morgan fingerprint density at radius 2 is 2.00 bits per heavy atom. The molecule has 0 aromatic carbocycles. The number of aryl methyl sites for hydroxylation is 1. The van der Waals surface area contributed by atoms with Crippen LogP contribution in [0.25, 0.3) is 0 Å². The second-order valence-electron chi connectivity index (χ2n) is 5.10. The van der Waals surface area contributed by atoms with Crippen LogP contribution < -0.4 is 0 Å². The minimum atomic E-state index is -0.282. The van der Waals surface area contributed by atoms with Crippen LogP contribution in [-0.2, 0) is 11.8 Å². The molecule has 1 aromatic rings. The first-order valence-corrected chi connectivity index (χ1v) is 6.67. The molecule has 1 saturated heterocycles. The lowest BCUT2D eigenvalue weighted by Gasteiger charge is -2.29. The molecule has 1 amide bonds. The zero-order valence-electron chi connectivity index (χ0n) is 11.2. The molecule has 1 aliphatic heterocycles. The van der Waals surface area contributed by atoms with Gasteiger partial charge in [0.05, 0.1) is 6.10 Å². The van der Waals surface area contributed by atoms with E-state index in [0.29, 0.717) is 31.5 Å². The summed E-state index contributed by atoms with van der Waals surface area (Å²) in [4.78, 5) is 25.5. The standard InChI is InChI=1S/C14H20N2O3/c1-15-7-4-11(10-15)13(18)2-3-14(19)16-8-5-12(17)6-9-16/h4,7,10,12,17H,2-3,5-6,8-9H2,1H3. The van der Waals surface area contributed by atoms with Crippen LogP contribution in [0.15, 0.2) is 18.5 Å². The first-order chi connectivity index (χ1) is 9.06. The molecule has 0 unspecified atom stereocenters. The van der Waals surface area contributed by atoms with E-state index in [4.69, 9.17) is 0 Å². The summed E-state index contributed by atoms with van der Waals surface area (Å²) in [7, 11) is 1.86. The minimum absolute atomic E-state index is 0.00555. The van der Waals surface area contributed by atoms with Crippen LogP contribution in [0.4, 0.5) is 0 Å². The molecule has 0 spiro atoms. The predicted octanol–water partition coefficient (Wildman–Crippen LogP) is 0.971. The van der Waals surface area contributed by atoms with E-state index in [9.17, 15) is 14.7 Å². The number of ketones is 1. The number of rotatable bonds is 4. The van der Waals surface area contributed by atoms with Crippen molar-refractivity contribution in [2.75, 3.05) is 13.1 Å². The van der Waals surface area contributed by atoms with Crippen molar-refractivity contribution in [3.8, 4) is 0 Å². The molecule has 0 saturated carbocycles. The zero-order chi connectivity index (χ0) is 13.8. The molecule has 2 rings (SSSR count). The Labute approximate surface area is 112 Å². The Morgan fingerprint density at radius 1 is 1.32 bits per heavy atom. The molecule has 0 bridgehead atoms. The Hall–Kier alpha value is -1.62. The number of nitrogens with zero attached hydrogens (tertiary/aromatic N) is 2. The van der Waals surface area contributed by atoms with E-state index in [2.05, 4.69) is 0 Å². The summed E-state index contributed by atoms with van der Waals surface area (Å²) in [5, 5.41) is 9.38. The van der Waals surface area contributed by atoms with Crippen molar-refractivity contribution in [2.24, 2.45) is 7.05 Å². The highest BCUT2D eigenvalue weighted by molar-refractivity contribution is 5.97. The van der Waals surface area contributed by atoms with E-state index in [1.54, 1.807) is 17.2 Å². The van der Waals surface area contributed by atoms with Gasteiger partial charge in [0.25, 0.3) is 0 Å². The van der Waals surface area contributed by atoms with Gasteiger partial charge in [-0.3, -0.25) is 9.59 Å². The van der Waals surface area contributed by atoms with Crippen molar-refractivity contribution in [1.29, 1.82) is 0 Å². The Morgan fingerprint density at radius 3 is 2.58 bits per heavy atom. The smallest absolute Gasteiger partial charge is 0.223 e. The molecule has 0 radical (unpaired) electrons. The molecule has 1 aliphatic rings. The Kier molecular flexibility index (Phi) is 4.37. The molecule has 1 aromatic heterocycles. The second kappa shape index (κ2) is 6.02. The quantitative estimate of drug-likeness (QED) is 0.824. The number of likely N-dealkylation sites (tertiary alicyclic amines) is 1. The third kappa shape index (κ3) is 3.67. The molecule has 1 fully saturated rings. The van der Waals surface area contributed by atoms with E-state index in [1.165, 1.54) is 0 Å². The average Bonchev–Trinajstić information content (AvgIpc) is 2.83. The maximum atomic E-state index is 11.9. The summed E-state index contributed by atoms with van der Waals surface area (Å²) in [5.41, 5.74) is 0.657. The van der Waals surface area contributed by atoms with Gasteiger partial charge < -0.3 is 14.6 Å². The van der Waals surface area contributed by atoms with Crippen molar-refractivity contribution in [2.45, 2.75) is 31.8 Å². The molecule has 104 valence electrons. The fraction of sp³-hybridized carbons (Fsp3) is 0.571. The number of piperidine rings is 1. The van der Waals surface area contributed by atoms with Crippen LogP contribution in [0.5, 0.6) is 0 Å². The van der Waals surface area contributed by atoms with E-state index in [0.717, 1.165) is 0 Å². The highest BCUT2D eigenvalue weighted by Crippen LogP contribution is 2.13.